The van der Waals surface area contributed by atoms with E-state index in [0.29, 0.717) is 12.2 Å². The summed E-state index contributed by atoms with van der Waals surface area (Å²) in [6.07, 6.45) is 0. The average molecular weight is 237 g/mol. The molecule has 0 saturated carbocycles. The van der Waals surface area contributed by atoms with Gasteiger partial charge in [-0.15, -0.1) is 0 Å². The van der Waals surface area contributed by atoms with E-state index in [9.17, 15) is 9.18 Å². The molecular weight excluding hydrogens is 221 g/mol. The van der Waals surface area contributed by atoms with Crippen LogP contribution in [0.2, 0.25) is 0 Å². The summed E-state index contributed by atoms with van der Waals surface area (Å²) >= 11 is 0. The Morgan fingerprint density at radius 1 is 1.41 bits per heavy atom. The molecule has 3 nitrogen and oxygen atoms in total. The quantitative estimate of drug-likeness (QED) is 0.499. The molecule has 92 valence electrons. The van der Waals surface area contributed by atoms with Gasteiger partial charge in [-0.05, 0) is 44.0 Å². The number of carbonyl (C=O) groups is 1. The molecule has 0 amide bonds. The molecule has 0 spiro atoms. The molecule has 1 aromatic rings. The molecular formula is C13H16FNO2. The molecule has 0 heterocycles. The van der Waals surface area contributed by atoms with Crippen molar-refractivity contribution in [2.45, 2.75) is 20.8 Å². The Bertz CT molecular complexity index is 466. The Morgan fingerprint density at radius 2 is 2.06 bits per heavy atom. The highest BCUT2D eigenvalue weighted by atomic mass is 19.1. The lowest BCUT2D eigenvalue weighted by atomic mass is 10.0. The molecule has 0 aliphatic heterocycles. The lowest BCUT2D eigenvalue weighted by Crippen LogP contribution is -2.07. The van der Waals surface area contributed by atoms with Gasteiger partial charge in [0.2, 0.25) is 0 Å². The summed E-state index contributed by atoms with van der Waals surface area (Å²) in [5.74, 6) is -0.830. The average Bonchev–Trinajstić information content (AvgIpc) is 2.31. The Morgan fingerprint density at radius 3 is 2.59 bits per heavy atom. The molecule has 1 aromatic carbocycles. The zero-order chi connectivity index (χ0) is 13.0. The number of rotatable bonds is 3. The molecule has 0 fully saturated rings. The molecule has 0 atom stereocenters. The van der Waals surface area contributed by atoms with Gasteiger partial charge in [-0.2, -0.15) is 0 Å². The smallest absolute Gasteiger partial charge is 0.333 e. The highest BCUT2D eigenvalue weighted by Gasteiger charge is 2.11. The summed E-state index contributed by atoms with van der Waals surface area (Å²) in [6, 6.07) is 4.38. The monoisotopic (exact) mass is 237 g/mol. The van der Waals surface area contributed by atoms with Crippen molar-refractivity contribution in [3.63, 3.8) is 0 Å². The SMILES string of the molecule is CCOC(=O)/C(C)=C(\C)c1ccc(F)c(N)c1. The number of benzene rings is 1. The molecule has 0 radical (unpaired) electrons. The number of nitrogens with two attached hydrogens (primary N) is 1. The van der Waals surface area contributed by atoms with Gasteiger partial charge in [0.05, 0.1) is 12.3 Å². The lowest BCUT2D eigenvalue weighted by Gasteiger charge is -2.08. The van der Waals surface area contributed by atoms with Crippen molar-refractivity contribution < 1.29 is 13.9 Å². The number of hydrogen-bond acceptors (Lipinski definition) is 3. The number of ether oxygens (including phenoxy) is 1. The van der Waals surface area contributed by atoms with Gasteiger partial charge in [-0.25, -0.2) is 9.18 Å². The second-order valence-corrected chi connectivity index (χ2v) is 3.71. The summed E-state index contributed by atoms with van der Waals surface area (Å²) in [5.41, 5.74) is 7.49. The molecule has 17 heavy (non-hydrogen) atoms. The van der Waals surface area contributed by atoms with Crippen molar-refractivity contribution in [3.8, 4) is 0 Å². The summed E-state index contributed by atoms with van der Waals surface area (Å²) in [7, 11) is 0. The van der Waals surface area contributed by atoms with E-state index in [1.54, 1.807) is 26.8 Å². The zero-order valence-electron chi connectivity index (χ0n) is 10.2. The molecule has 0 bridgehead atoms. The number of halogens is 1. The topological polar surface area (TPSA) is 52.3 Å². The van der Waals surface area contributed by atoms with E-state index in [0.717, 1.165) is 11.1 Å². The van der Waals surface area contributed by atoms with Crippen LogP contribution >= 0.6 is 0 Å². The second kappa shape index (κ2) is 5.48. The van der Waals surface area contributed by atoms with E-state index in [2.05, 4.69) is 0 Å². The fourth-order valence-electron chi connectivity index (χ4n) is 1.39. The van der Waals surface area contributed by atoms with E-state index in [-0.39, 0.29) is 11.7 Å². The van der Waals surface area contributed by atoms with Crippen molar-refractivity contribution in [3.05, 3.63) is 35.2 Å². The van der Waals surface area contributed by atoms with Crippen LogP contribution in [-0.4, -0.2) is 12.6 Å². The Hall–Kier alpha value is -1.84. The van der Waals surface area contributed by atoms with Crippen LogP contribution < -0.4 is 5.73 Å². The first kappa shape index (κ1) is 13.2. The van der Waals surface area contributed by atoms with E-state index >= 15 is 0 Å². The minimum Gasteiger partial charge on any atom is -0.463 e. The van der Waals surface area contributed by atoms with E-state index in [1.165, 1.54) is 12.1 Å². The van der Waals surface area contributed by atoms with E-state index in [4.69, 9.17) is 10.5 Å². The highest BCUT2D eigenvalue weighted by molar-refractivity contribution is 5.96. The van der Waals surface area contributed by atoms with E-state index < -0.39 is 5.82 Å². The minimum absolute atomic E-state index is 0.0681. The Kier molecular flexibility index (Phi) is 4.26. The number of allylic oxidation sites excluding steroid dienone is 1. The third kappa shape index (κ3) is 3.06. The lowest BCUT2D eigenvalue weighted by molar-refractivity contribution is -0.138. The van der Waals surface area contributed by atoms with Crippen molar-refractivity contribution >= 4 is 17.2 Å². The van der Waals surface area contributed by atoms with Crippen LogP contribution in [-0.2, 0) is 9.53 Å². The zero-order valence-corrected chi connectivity index (χ0v) is 10.2. The van der Waals surface area contributed by atoms with Gasteiger partial charge in [0.1, 0.15) is 5.82 Å². The van der Waals surface area contributed by atoms with Gasteiger partial charge in [-0.3, -0.25) is 0 Å². The third-order valence-corrected chi connectivity index (χ3v) is 2.57. The highest BCUT2D eigenvalue weighted by Crippen LogP contribution is 2.22. The van der Waals surface area contributed by atoms with Crippen LogP contribution in [0.4, 0.5) is 10.1 Å². The maximum Gasteiger partial charge on any atom is 0.333 e. The number of esters is 1. The number of hydrogen-bond donors (Lipinski definition) is 1. The first-order valence-electron chi connectivity index (χ1n) is 5.37. The van der Waals surface area contributed by atoms with Crippen molar-refractivity contribution in [1.82, 2.24) is 0 Å². The fourth-order valence-corrected chi connectivity index (χ4v) is 1.39. The van der Waals surface area contributed by atoms with Crippen LogP contribution in [0.5, 0.6) is 0 Å². The summed E-state index contributed by atoms with van der Waals surface area (Å²) in [4.78, 5) is 11.5. The van der Waals surface area contributed by atoms with Crippen LogP contribution in [0.3, 0.4) is 0 Å². The normalized spacial score (nSPS) is 12.0. The second-order valence-electron chi connectivity index (χ2n) is 3.71. The molecule has 0 aromatic heterocycles. The van der Waals surface area contributed by atoms with Gasteiger partial charge in [0.25, 0.3) is 0 Å². The standard InChI is InChI=1S/C13H16FNO2/c1-4-17-13(16)9(3)8(2)10-5-6-11(14)12(15)7-10/h5-7H,4,15H2,1-3H3/b9-8+. The molecule has 2 N–H and O–H groups in total. The molecule has 0 aliphatic carbocycles. The first-order chi connectivity index (χ1) is 7.97. The molecule has 1 rings (SSSR count). The largest absolute Gasteiger partial charge is 0.463 e. The molecule has 0 aliphatic rings. The van der Waals surface area contributed by atoms with Gasteiger partial charge < -0.3 is 10.5 Å². The Labute approximate surface area is 100 Å². The first-order valence-corrected chi connectivity index (χ1v) is 5.37. The summed E-state index contributed by atoms with van der Waals surface area (Å²) in [5, 5.41) is 0. The molecule has 0 saturated heterocycles. The number of carbonyl (C=O) groups excluding carboxylic acids is 1. The Balaban J connectivity index is 3.09. The van der Waals surface area contributed by atoms with Crippen LogP contribution in [0.1, 0.15) is 26.3 Å². The van der Waals surface area contributed by atoms with Gasteiger partial charge in [0, 0.05) is 5.57 Å². The number of anilines is 1. The van der Waals surface area contributed by atoms with E-state index in [1.807, 2.05) is 0 Å². The predicted octanol–water partition coefficient (Wildman–Crippen LogP) is 2.76. The van der Waals surface area contributed by atoms with Crippen molar-refractivity contribution in [1.29, 1.82) is 0 Å². The van der Waals surface area contributed by atoms with Crippen LogP contribution in [0, 0.1) is 5.82 Å². The predicted molar refractivity (Wildman–Crippen MR) is 65.7 cm³/mol. The van der Waals surface area contributed by atoms with Crippen LogP contribution in [0.15, 0.2) is 23.8 Å². The van der Waals surface area contributed by atoms with Crippen molar-refractivity contribution in [2.24, 2.45) is 0 Å². The third-order valence-electron chi connectivity index (χ3n) is 2.57. The maximum absolute atomic E-state index is 13.0. The number of nitrogen functional groups attached to an aromatic ring is 1. The fraction of sp³-hybridized carbons (Fsp3) is 0.308. The van der Waals surface area contributed by atoms with Gasteiger partial charge in [-0.1, -0.05) is 6.07 Å². The minimum atomic E-state index is -0.463. The van der Waals surface area contributed by atoms with Gasteiger partial charge >= 0.3 is 5.97 Å². The molecule has 0 unspecified atom stereocenters. The summed E-state index contributed by atoms with van der Waals surface area (Å²) in [6.45, 7) is 5.53. The van der Waals surface area contributed by atoms with Crippen LogP contribution in [0.25, 0.3) is 5.57 Å². The molecule has 4 heteroatoms. The maximum atomic E-state index is 13.0. The van der Waals surface area contributed by atoms with Crippen molar-refractivity contribution in [2.75, 3.05) is 12.3 Å². The summed E-state index contributed by atoms with van der Waals surface area (Å²) < 4.78 is 17.9. The van der Waals surface area contributed by atoms with Gasteiger partial charge in [0.15, 0.2) is 0 Å².